The molecule has 314 valence electrons. The van der Waals surface area contributed by atoms with Crippen LogP contribution in [0.25, 0.3) is 11.0 Å². The number of hydrogen-bond acceptors (Lipinski definition) is 10. The smallest absolute Gasteiger partial charge is 0.293 e. The van der Waals surface area contributed by atoms with Crippen molar-refractivity contribution in [3.8, 4) is 11.5 Å². The van der Waals surface area contributed by atoms with Gasteiger partial charge in [-0.2, -0.15) is 0 Å². The zero-order valence-corrected chi connectivity index (χ0v) is 35.1. The fourth-order valence-corrected chi connectivity index (χ4v) is 11.5. The molecule has 1 saturated heterocycles. The summed E-state index contributed by atoms with van der Waals surface area (Å²) in [4.78, 5) is 37.4. The van der Waals surface area contributed by atoms with E-state index in [2.05, 4.69) is 35.9 Å². The summed E-state index contributed by atoms with van der Waals surface area (Å²) in [6.45, 7) is 3.68. The number of pyridine rings is 1. The third kappa shape index (κ3) is 8.29. The first kappa shape index (κ1) is 40.2. The van der Waals surface area contributed by atoms with E-state index in [1.54, 1.807) is 30.5 Å². The van der Waals surface area contributed by atoms with Crippen LogP contribution in [0.5, 0.6) is 11.5 Å². The van der Waals surface area contributed by atoms with E-state index in [1.807, 2.05) is 18.2 Å². The number of carbonyl (C=O) groups is 1. The Labute approximate surface area is 355 Å². The lowest BCUT2D eigenvalue weighted by Gasteiger charge is -2.50. The van der Waals surface area contributed by atoms with Gasteiger partial charge >= 0.3 is 0 Å². The molecule has 3 aliphatic carbocycles. The van der Waals surface area contributed by atoms with Gasteiger partial charge in [0.1, 0.15) is 22.8 Å². The normalized spacial score (nSPS) is 19.6. The molecule has 9 rings (SSSR count). The first-order chi connectivity index (χ1) is 29.0. The van der Waals surface area contributed by atoms with Crippen LogP contribution in [0, 0.1) is 21.4 Å². The number of rotatable bonds is 11. The van der Waals surface area contributed by atoms with Gasteiger partial charge in [0.2, 0.25) is 0 Å². The Kier molecular flexibility index (Phi) is 11.2. The molecule has 3 aromatic carbocycles. The molecule has 0 radical (unpaired) electrons. The Morgan fingerprint density at radius 2 is 1.80 bits per heavy atom. The van der Waals surface area contributed by atoms with Crippen molar-refractivity contribution in [2.75, 3.05) is 42.9 Å². The highest BCUT2D eigenvalue weighted by atomic mass is 35.5. The van der Waals surface area contributed by atoms with Crippen LogP contribution in [0.15, 0.2) is 84.0 Å². The minimum absolute atomic E-state index is 0.0221. The fourth-order valence-electron chi connectivity index (χ4n) is 10.2. The SMILES string of the molecule is O=C(NS(=O)(=O)c1ccc(NCC2CC3(CCCCC3)C2)c([N+](=O)[O-])c1)c1ccc(N2CCN([C@@H]3CCCCc4c(Cl)cccc43)CC2)cc1Oc1cnc2[nH]ccc2c1. The number of H-pyrrole nitrogens is 1. The number of nitrogens with one attached hydrogen (secondary N) is 3. The summed E-state index contributed by atoms with van der Waals surface area (Å²) >= 11 is 6.65. The van der Waals surface area contributed by atoms with Crippen molar-refractivity contribution >= 4 is 55.6 Å². The number of anilines is 2. The van der Waals surface area contributed by atoms with Crippen LogP contribution in [0.1, 0.15) is 91.7 Å². The van der Waals surface area contributed by atoms with E-state index >= 15 is 0 Å². The average Bonchev–Trinajstić information content (AvgIpc) is 3.60. The monoisotopic (exact) mass is 851 g/mol. The van der Waals surface area contributed by atoms with Crippen molar-refractivity contribution in [1.29, 1.82) is 0 Å². The molecule has 60 heavy (non-hydrogen) atoms. The molecule has 4 aliphatic rings. The maximum Gasteiger partial charge on any atom is 0.293 e. The average molecular weight is 852 g/mol. The van der Waals surface area contributed by atoms with Gasteiger partial charge in [0, 0.05) is 73.2 Å². The topological polar surface area (TPSA) is 163 Å². The Morgan fingerprint density at radius 3 is 2.60 bits per heavy atom. The van der Waals surface area contributed by atoms with Gasteiger partial charge in [-0.25, -0.2) is 18.1 Å². The van der Waals surface area contributed by atoms with Crippen LogP contribution in [-0.4, -0.2) is 66.8 Å². The number of carbonyl (C=O) groups excluding carboxylic acids is 1. The number of piperazine rings is 1. The highest BCUT2D eigenvalue weighted by Gasteiger charge is 2.44. The van der Waals surface area contributed by atoms with Gasteiger partial charge in [0.25, 0.3) is 21.6 Å². The maximum absolute atomic E-state index is 13.9. The molecule has 13 nitrogen and oxygen atoms in total. The lowest BCUT2D eigenvalue weighted by Crippen LogP contribution is -2.47. The van der Waals surface area contributed by atoms with Gasteiger partial charge < -0.3 is 19.9 Å². The quantitative estimate of drug-likeness (QED) is 0.0663. The highest BCUT2D eigenvalue weighted by Crippen LogP contribution is 2.54. The molecule has 0 bridgehead atoms. The Bertz CT molecular complexity index is 2520. The van der Waals surface area contributed by atoms with Crippen molar-refractivity contribution in [3.63, 3.8) is 0 Å². The molecule has 1 aliphatic heterocycles. The van der Waals surface area contributed by atoms with Gasteiger partial charge in [-0.05, 0) is 110 Å². The predicted octanol–water partition coefficient (Wildman–Crippen LogP) is 9.40. The molecule has 0 unspecified atom stereocenters. The fraction of sp³-hybridized carbons (Fsp3) is 0.422. The highest BCUT2D eigenvalue weighted by molar-refractivity contribution is 7.90. The lowest BCUT2D eigenvalue weighted by molar-refractivity contribution is -0.384. The molecule has 3 fully saturated rings. The van der Waals surface area contributed by atoms with Crippen LogP contribution < -0.4 is 19.7 Å². The van der Waals surface area contributed by atoms with E-state index in [1.165, 1.54) is 61.6 Å². The van der Waals surface area contributed by atoms with Crippen LogP contribution in [0.2, 0.25) is 5.02 Å². The molecule has 5 aromatic rings. The Balaban J connectivity index is 0.923. The number of halogens is 1. The second kappa shape index (κ2) is 16.7. The standard InChI is InChI=1S/C45H50ClN7O6S/c46-38-9-6-8-36-35(38)7-2-3-10-40(36)52-21-19-51(20-22-52)32-11-13-37(42(24-32)59-33-23-31-15-18-47-43(31)49-29-33)44(54)50-60(57,58)34-12-14-39(41(25-34)53(55)56)48-28-30-26-45(27-30)16-4-1-5-17-45/h6,8-9,11-15,18,23-25,29-30,40,48H,1-5,7,10,16-17,19-22,26-28H2,(H,47,49)(H,50,54)/t40-/m1/s1. The zero-order valence-electron chi connectivity index (χ0n) is 33.5. The molecule has 2 aromatic heterocycles. The second-order valence-corrected chi connectivity index (χ2v) is 19.1. The minimum Gasteiger partial charge on any atom is -0.455 e. The Hall–Kier alpha value is -5.18. The molecule has 1 spiro atoms. The number of hydrogen-bond donors (Lipinski definition) is 3. The number of nitro benzene ring substituents is 1. The number of aromatic amines is 1. The maximum atomic E-state index is 13.9. The number of amides is 1. The summed E-state index contributed by atoms with van der Waals surface area (Å²) in [5.74, 6) is -0.0125. The van der Waals surface area contributed by atoms with Crippen molar-refractivity contribution < 1.29 is 22.9 Å². The van der Waals surface area contributed by atoms with Crippen LogP contribution in [0.4, 0.5) is 17.1 Å². The van der Waals surface area contributed by atoms with Crippen molar-refractivity contribution in [1.82, 2.24) is 19.6 Å². The zero-order chi connectivity index (χ0) is 41.4. The second-order valence-electron chi connectivity index (χ2n) is 17.0. The number of fused-ring (bicyclic) bond motifs is 2. The summed E-state index contributed by atoms with van der Waals surface area (Å²) in [5.41, 5.74) is 4.35. The summed E-state index contributed by atoms with van der Waals surface area (Å²) < 4.78 is 35.9. The van der Waals surface area contributed by atoms with Crippen LogP contribution in [-0.2, 0) is 16.4 Å². The van der Waals surface area contributed by atoms with Gasteiger partial charge in [0.05, 0.1) is 21.6 Å². The van der Waals surface area contributed by atoms with E-state index in [0.717, 1.165) is 86.9 Å². The van der Waals surface area contributed by atoms with Gasteiger partial charge in [-0.1, -0.05) is 49.4 Å². The summed E-state index contributed by atoms with van der Waals surface area (Å²) in [6.07, 6.45) is 16.2. The molecular formula is C45H50ClN7O6S. The molecular weight excluding hydrogens is 802 g/mol. The largest absolute Gasteiger partial charge is 0.455 e. The van der Waals surface area contributed by atoms with Crippen molar-refractivity contribution in [3.05, 3.63) is 111 Å². The summed E-state index contributed by atoms with van der Waals surface area (Å²) in [5, 5.41) is 17.0. The summed E-state index contributed by atoms with van der Waals surface area (Å²) in [6, 6.07) is 19.0. The number of nitro groups is 1. The molecule has 1 atom stereocenters. The van der Waals surface area contributed by atoms with Gasteiger partial charge in [0.15, 0.2) is 0 Å². The van der Waals surface area contributed by atoms with Gasteiger partial charge in [-0.15, -0.1) is 0 Å². The summed E-state index contributed by atoms with van der Waals surface area (Å²) in [7, 11) is -4.54. The van der Waals surface area contributed by atoms with Crippen molar-refractivity contribution in [2.24, 2.45) is 11.3 Å². The molecule has 3 N–H and O–H groups in total. The Morgan fingerprint density at radius 1 is 0.983 bits per heavy atom. The molecule has 3 heterocycles. The third-order valence-electron chi connectivity index (χ3n) is 13.2. The minimum atomic E-state index is -4.54. The third-order valence-corrected chi connectivity index (χ3v) is 14.9. The number of benzene rings is 3. The first-order valence-electron chi connectivity index (χ1n) is 21.1. The predicted molar refractivity (Wildman–Crippen MR) is 233 cm³/mol. The van der Waals surface area contributed by atoms with E-state index in [0.29, 0.717) is 35.3 Å². The van der Waals surface area contributed by atoms with Crippen LogP contribution >= 0.6 is 11.6 Å². The van der Waals surface area contributed by atoms with E-state index in [4.69, 9.17) is 16.3 Å². The van der Waals surface area contributed by atoms with E-state index in [9.17, 15) is 23.3 Å². The number of sulfonamides is 1. The number of nitrogens with zero attached hydrogens (tertiary/aromatic N) is 4. The van der Waals surface area contributed by atoms with Crippen LogP contribution in [0.3, 0.4) is 0 Å². The van der Waals surface area contributed by atoms with Crippen molar-refractivity contribution in [2.45, 2.75) is 81.6 Å². The lowest BCUT2D eigenvalue weighted by atomic mass is 9.56. The van der Waals surface area contributed by atoms with Gasteiger partial charge in [-0.3, -0.25) is 19.8 Å². The first-order valence-corrected chi connectivity index (χ1v) is 23.0. The number of aromatic nitrogens is 2. The molecule has 15 heteroatoms. The molecule has 2 saturated carbocycles. The van der Waals surface area contributed by atoms with E-state index in [-0.39, 0.29) is 22.7 Å². The molecule has 1 amide bonds. The van der Waals surface area contributed by atoms with E-state index < -0.39 is 25.7 Å². The number of ether oxygens (including phenoxy) is 1.